The van der Waals surface area contributed by atoms with Crippen molar-refractivity contribution < 1.29 is 0 Å². The zero-order valence-corrected chi connectivity index (χ0v) is 16.9. The van der Waals surface area contributed by atoms with E-state index in [0.29, 0.717) is 26.8 Å². The topological polar surface area (TPSA) is 0 Å². The van der Waals surface area contributed by atoms with Gasteiger partial charge < -0.3 is 0 Å². The Balaban J connectivity index is 2.05. The monoisotopic (exact) mass is 386 g/mol. The van der Waals surface area contributed by atoms with Crippen LogP contribution in [0.25, 0.3) is 0 Å². The molecule has 21 heavy (non-hydrogen) atoms. The summed E-state index contributed by atoms with van der Waals surface area (Å²) in [5.74, 6) is 1.30. The summed E-state index contributed by atoms with van der Waals surface area (Å²) in [6.45, 7) is 9.42. The quantitative estimate of drug-likeness (QED) is 0.470. The van der Waals surface area contributed by atoms with E-state index in [2.05, 4.69) is 61.4 Å². The Bertz CT molecular complexity index is 510. The zero-order valence-electron chi connectivity index (χ0n) is 13.5. The third kappa shape index (κ3) is 3.37. The fraction of sp³-hybridized carbons (Fsp3) is 0.667. The van der Waals surface area contributed by atoms with Crippen LogP contribution in [0.15, 0.2) is 17.0 Å². The second-order valence-electron chi connectivity index (χ2n) is 6.87. The normalized spacial score (nSPS) is 25.6. The summed E-state index contributed by atoms with van der Waals surface area (Å²) in [4.78, 5) is 2.63. The van der Waals surface area contributed by atoms with Gasteiger partial charge in [-0.05, 0) is 0 Å². The van der Waals surface area contributed by atoms with Crippen molar-refractivity contribution in [2.24, 2.45) is 0 Å². The molecule has 1 saturated carbocycles. The molecular formula is C18H26S2Se. The van der Waals surface area contributed by atoms with Crippen molar-refractivity contribution >= 4 is 41.0 Å². The third-order valence-electron chi connectivity index (χ3n) is 4.58. The molecule has 116 valence electrons. The molecule has 2 aliphatic rings. The van der Waals surface area contributed by atoms with Crippen molar-refractivity contribution in [3.8, 4) is 0 Å². The van der Waals surface area contributed by atoms with Crippen LogP contribution < -0.4 is 4.46 Å². The van der Waals surface area contributed by atoms with Crippen LogP contribution in [-0.2, 0) is 0 Å². The van der Waals surface area contributed by atoms with Crippen molar-refractivity contribution in [3.05, 3.63) is 23.3 Å². The molecule has 0 aromatic heterocycles. The Morgan fingerprint density at radius 1 is 1.00 bits per heavy atom. The van der Waals surface area contributed by atoms with E-state index in [1.165, 1.54) is 25.7 Å². The predicted octanol–water partition coefficient (Wildman–Crippen LogP) is 5.75. The molecule has 0 radical (unpaired) electrons. The molecule has 1 aliphatic carbocycles. The predicted molar refractivity (Wildman–Crippen MR) is 99.5 cm³/mol. The summed E-state index contributed by atoms with van der Waals surface area (Å²) in [7, 11) is 4.31. The molecule has 1 aromatic rings. The van der Waals surface area contributed by atoms with Crippen LogP contribution in [0.3, 0.4) is 0 Å². The van der Waals surface area contributed by atoms with E-state index >= 15 is 0 Å². The summed E-state index contributed by atoms with van der Waals surface area (Å²) in [6, 6.07) is 4.85. The Kier molecular flexibility index (Phi) is 5.36. The van der Waals surface area contributed by atoms with Gasteiger partial charge in [-0.15, -0.1) is 0 Å². The maximum absolute atomic E-state index is 2.44. The summed E-state index contributed by atoms with van der Waals surface area (Å²) < 4.78 is 1.76. The van der Waals surface area contributed by atoms with Crippen LogP contribution in [0.2, 0.25) is 4.82 Å². The Morgan fingerprint density at radius 2 is 1.67 bits per heavy atom. The van der Waals surface area contributed by atoms with Gasteiger partial charge in [0.05, 0.1) is 0 Å². The van der Waals surface area contributed by atoms with Gasteiger partial charge in [-0.3, -0.25) is 0 Å². The van der Waals surface area contributed by atoms with E-state index in [1.807, 2.05) is 0 Å². The first kappa shape index (κ1) is 16.3. The van der Waals surface area contributed by atoms with Gasteiger partial charge in [0.2, 0.25) is 0 Å². The van der Waals surface area contributed by atoms with Gasteiger partial charge in [-0.1, -0.05) is 0 Å². The molecule has 1 heterocycles. The Hall–Kier alpha value is 0.439. The van der Waals surface area contributed by atoms with Crippen molar-refractivity contribution in [2.45, 2.75) is 80.2 Å². The number of hydrogen-bond donors (Lipinski definition) is 0. The van der Waals surface area contributed by atoms with Crippen LogP contribution in [0, 0.1) is 0 Å². The fourth-order valence-electron chi connectivity index (χ4n) is 3.28. The summed E-state index contributed by atoms with van der Waals surface area (Å²) in [5.41, 5.74) is 3.22. The van der Waals surface area contributed by atoms with Crippen molar-refractivity contribution in [2.75, 3.05) is 0 Å². The number of hydrogen-bond acceptors (Lipinski definition) is 2. The van der Waals surface area contributed by atoms with Crippen LogP contribution in [0.1, 0.15) is 76.3 Å². The molecule has 0 saturated heterocycles. The van der Waals surface area contributed by atoms with E-state index in [0.717, 1.165) is 10.1 Å². The average Bonchev–Trinajstić information content (AvgIpc) is 2.65. The molecule has 0 spiro atoms. The third-order valence-corrected chi connectivity index (χ3v) is 11.5. The standard InChI is InChI=1S/C18H26S2Se/c1-11(2)13-9-10-14(12(3)4)18-17(13)20-19-15-7-5-6-8-16(15)21-18/h9-12,15-16H,5-8H2,1-4H3. The average molecular weight is 386 g/mol. The molecule has 3 rings (SSSR count). The summed E-state index contributed by atoms with van der Waals surface area (Å²) in [6.07, 6.45) is 5.84. The summed E-state index contributed by atoms with van der Waals surface area (Å²) >= 11 is 0.668. The first-order valence-electron chi connectivity index (χ1n) is 8.24. The first-order chi connectivity index (χ1) is 10.1. The van der Waals surface area contributed by atoms with E-state index in [-0.39, 0.29) is 0 Å². The molecule has 0 amide bonds. The van der Waals surface area contributed by atoms with Gasteiger partial charge in [-0.2, -0.15) is 0 Å². The van der Waals surface area contributed by atoms with Crippen LogP contribution in [0.4, 0.5) is 0 Å². The SMILES string of the molecule is CC(C)c1ccc(C(C)C)c2c1SSC1CCCCC1[Se]2. The van der Waals surface area contributed by atoms with Gasteiger partial charge in [0.1, 0.15) is 0 Å². The second-order valence-corrected chi connectivity index (χ2v) is 11.9. The molecule has 2 atom stereocenters. The van der Waals surface area contributed by atoms with Crippen molar-refractivity contribution in [3.63, 3.8) is 0 Å². The van der Waals surface area contributed by atoms with Crippen molar-refractivity contribution in [1.82, 2.24) is 0 Å². The summed E-state index contributed by atoms with van der Waals surface area (Å²) in [5, 5.41) is 0.913. The van der Waals surface area contributed by atoms with Crippen LogP contribution in [0.5, 0.6) is 0 Å². The van der Waals surface area contributed by atoms with E-state index in [9.17, 15) is 0 Å². The number of rotatable bonds is 2. The van der Waals surface area contributed by atoms with Crippen LogP contribution in [-0.4, -0.2) is 20.2 Å². The maximum atomic E-state index is 2.44. The van der Waals surface area contributed by atoms with Crippen molar-refractivity contribution in [1.29, 1.82) is 0 Å². The molecule has 0 nitrogen and oxygen atoms in total. The Morgan fingerprint density at radius 3 is 2.38 bits per heavy atom. The van der Waals surface area contributed by atoms with E-state index in [4.69, 9.17) is 0 Å². The van der Waals surface area contributed by atoms with Gasteiger partial charge in [0, 0.05) is 0 Å². The zero-order chi connectivity index (χ0) is 15.0. The molecule has 0 N–H and O–H groups in total. The molecule has 1 fully saturated rings. The Labute approximate surface area is 144 Å². The molecular weight excluding hydrogens is 359 g/mol. The van der Waals surface area contributed by atoms with E-state index in [1.54, 1.807) is 20.5 Å². The first-order valence-corrected chi connectivity index (χ1v) is 12.3. The molecule has 1 aromatic carbocycles. The van der Waals surface area contributed by atoms with Gasteiger partial charge in [0.15, 0.2) is 0 Å². The van der Waals surface area contributed by atoms with Gasteiger partial charge >= 0.3 is 144 Å². The fourth-order valence-corrected chi connectivity index (χ4v) is 11.7. The minimum atomic E-state index is 0.643. The minimum absolute atomic E-state index is 0.643. The molecule has 2 unspecified atom stereocenters. The second kappa shape index (κ2) is 6.91. The molecule has 3 heteroatoms. The van der Waals surface area contributed by atoms with E-state index < -0.39 is 0 Å². The molecule has 1 aliphatic heterocycles. The number of fused-ring (bicyclic) bond motifs is 2. The van der Waals surface area contributed by atoms with Gasteiger partial charge in [-0.25, -0.2) is 0 Å². The molecule has 0 bridgehead atoms. The van der Waals surface area contributed by atoms with Gasteiger partial charge in [0.25, 0.3) is 0 Å². The number of benzene rings is 1. The van der Waals surface area contributed by atoms with Crippen LogP contribution >= 0.6 is 21.6 Å².